The zero-order valence-corrected chi connectivity index (χ0v) is 8.42. The van der Waals surface area contributed by atoms with E-state index in [1.807, 2.05) is 0 Å². The monoisotopic (exact) mass is 165 g/mol. The molecule has 69 valence electrons. The lowest BCUT2D eigenvalue weighted by Gasteiger charge is -1.90. The highest BCUT2D eigenvalue weighted by atomic mass is 13.9. The summed E-state index contributed by atoms with van der Waals surface area (Å²) in [7, 11) is 0. The van der Waals surface area contributed by atoms with E-state index in [-0.39, 0.29) is 0 Å². The first-order valence-corrected chi connectivity index (χ1v) is 5.01. The van der Waals surface area contributed by atoms with Crippen molar-refractivity contribution >= 4 is 0 Å². The van der Waals surface area contributed by atoms with Crippen LogP contribution in [0.15, 0.2) is 24.3 Å². The average molecular weight is 165 g/mol. The second-order valence-corrected chi connectivity index (χ2v) is 2.95. The molecule has 0 aliphatic rings. The van der Waals surface area contributed by atoms with Crippen LogP contribution >= 0.6 is 0 Å². The number of hydrogen-bond donors (Lipinski definition) is 0. The molecule has 0 heterocycles. The Morgan fingerprint density at radius 1 is 1.00 bits per heavy atom. The summed E-state index contributed by atoms with van der Waals surface area (Å²) in [5, 5.41) is 0. The Bertz CT molecular complexity index is 120. The normalized spacial score (nSPS) is 11.8. The fraction of sp³-hybridized carbons (Fsp3) is 0.583. The van der Waals surface area contributed by atoms with Crippen molar-refractivity contribution in [3.8, 4) is 0 Å². The Labute approximate surface area is 77.4 Å². The molecule has 0 N–H and O–H groups in total. The van der Waals surface area contributed by atoms with Gasteiger partial charge >= 0.3 is 0 Å². The predicted molar refractivity (Wildman–Crippen MR) is 57.0 cm³/mol. The van der Waals surface area contributed by atoms with Gasteiger partial charge in [-0.25, -0.2) is 0 Å². The minimum absolute atomic E-state index is 1.17. The van der Waals surface area contributed by atoms with E-state index in [1.54, 1.807) is 0 Å². The van der Waals surface area contributed by atoms with Crippen LogP contribution in [0, 0.1) is 6.42 Å². The molecule has 0 saturated carbocycles. The lowest BCUT2D eigenvalue weighted by atomic mass is 10.2. The van der Waals surface area contributed by atoms with Crippen molar-refractivity contribution in [3.63, 3.8) is 0 Å². The van der Waals surface area contributed by atoms with Crippen molar-refractivity contribution in [1.82, 2.24) is 0 Å². The smallest absolute Gasteiger partial charge is 0.0167 e. The van der Waals surface area contributed by atoms with Crippen LogP contribution in [0.1, 0.15) is 46.0 Å². The molecular weight excluding hydrogens is 144 g/mol. The Morgan fingerprint density at radius 3 is 2.50 bits per heavy atom. The summed E-state index contributed by atoms with van der Waals surface area (Å²) in [6.45, 7) is 4.29. The van der Waals surface area contributed by atoms with Crippen molar-refractivity contribution in [2.24, 2.45) is 0 Å². The van der Waals surface area contributed by atoms with Gasteiger partial charge in [0.05, 0.1) is 0 Å². The molecule has 0 aliphatic heterocycles. The van der Waals surface area contributed by atoms with Gasteiger partial charge in [-0.3, -0.25) is 0 Å². The largest absolute Gasteiger partial charge is 0.0917 e. The fourth-order valence-electron chi connectivity index (χ4n) is 0.970. The Kier molecular flexibility index (Phi) is 10.0. The summed E-state index contributed by atoms with van der Waals surface area (Å²) in [5.41, 5.74) is 0. The van der Waals surface area contributed by atoms with Crippen LogP contribution in [-0.2, 0) is 0 Å². The summed E-state index contributed by atoms with van der Waals surface area (Å²) in [5.74, 6) is 0. The molecular formula is C12H21. The van der Waals surface area contributed by atoms with Crippen LogP contribution in [0.25, 0.3) is 0 Å². The summed E-state index contributed by atoms with van der Waals surface area (Å²) in [6.07, 6.45) is 17.2. The van der Waals surface area contributed by atoms with Gasteiger partial charge in [0.1, 0.15) is 0 Å². The molecule has 1 radical (unpaired) electrons. The lowest BCUT2D eigenvalue weighted by Crippen LogP contribution is -1.71. The van der Waals surface area contributed by atoms with Crippen molar-refractivity contribution in [1.29, 1.82) is 0 Å². The van der Waals surface area contributed by atoms with Crippen LogP contribution < -0.4 is 0 Å². The number of allylic oxidation sites excluding steroid dienone is 4. The molecule has 0 fully saturated rings. The Balaban J connectivity index is 3.02. The quantitative estimate of drug-likeness (QED) is 0.390. The third kappa shape index (κ3) is 9.48. The summed E-state index contributed by atoms with van der Waals surface area (Å²) < 4.78 is 0. The van der Waals surface area contributed by atoms with E-state index in [1.165, 1.54) is 32.1 Å². The van der Waals surface area contributed by atoms with Crippen LogP contribution in [0.2, 0.25) is 0 Å². The summed E-state index contributed by atoms with van der Waals surface area (Å²) in [4.78, 5) is 0. The average Bonchev–Trinajstić information content (AvgIpc) is 2.10. The summed E-state index contributed by atoms with van der Waals surface area (Å²) >= 11 is 0. The van der Waals surface area contributed by atoms with E-state index >= 15 is 0 Å². The third-order valence-corrected chi connectivity index (χ3v) is 1.73. The molecule has 0 bridgehead atoms. The van der Waals surface area contributed by atoms with E-state index < -0.39 is 0 Å². The second kappa shape index (κ2) is 10.5. The molecule has 0 rings (SSSR count). The van der Waals surface area contributed by atoms with E-state index in [0.29, 0.717) is 0 Å². The molecule has 0 aliphatic carbocycles. The first kappa shape index (κ1) is 11.5. The maximum absolute atomic E-state index is 2.26. The molecule has 0 nitrogen and oxygen atoms in total. The molecule has 0 amide bonds. The highest BCUT2D eigenvalue weighted by Crippen LogP contribution is 1.99. The van der Waals surface area contributed by atoms with Gasteiger partial charge in [-0.15, -0.1) is 0 Å². The van der Waals surface area contributed by atoms with Gasteiger partial charge in [-0.05, 0) is 32.6 Å². The van der Waals surface area contributed by atoms with Crippen LogP contribution in [0.4, 0.5) is 0 Å². The molecule has 0 aromatic heterocycles. The molecule has 0 aromatic rings. The molecule has 0 unspecified atom stereocenters. The van der Waals surface area contributed by atoms with Gasteiger partial charge in [-0.1, -0.05) is 44.1 Å². The maximum atomic E-state index is 2.26. The van der Waals surface area contributed by atoms with Crippen molar-refractivity contribution < 1.29 is 0 Å². The topological polar surface area (TPSA) is 0 Å². The highest BCUT2D eigenvalue weighted by molar-refractivity contribution is 4.95. The van der Waals surface area contributed by atoms with Gasteiger partial charge in [0.15, 0.2) is 0 Å². The van der Waals surface area contributed by atoms with Crippen LogP contribution in [0.3, 0.4) is 0 Å². The van der Waals surface area contributed by atoms with Gasteiger partial charge in [-0.2, -0.15) is 0 Å². The molecule has 0 aromatic carbocycles. The number of hydrogen-bond acceptors (Lipinski definition) is 0. The molecule has 0 heteroatoms. The molecule has 0 atom stereocenters. The molecule has 12 heavy (non-hydrogen) atoms. The Morgan fingerprint density at radius 2 is 1.83 bits per heavy atom. The van der Waals surface area contributed by atoms with E-state index in [9.17, 15) is 0 Å². The van der Waals surface area contributed by atoms with Gasteiger partial charge < -0.3 is 0 Å². The minimum atomic E-state index is 1.17. The molecule has 0 spiro atoms. The van der Waals surface area contributed by atoms with Crippen LogP contribution in [-0.4, -0.2) is 0 Å². The van der Waals surface area contributed by atoms with E-state index in [2.05, 4.69) is 44.6 Å². The Hall–Kier alpha value is -0.520. The van der Waals surface area contributed by atoms with Crippen molar-refractivity contribution in [2.45, 2.75) is 46.0 Å². The second-order valence-electron chi connectivity index (χ2n) is 2.95. The standard InChI is InChI=1S/C12H21/c1-3-5-7-9-11-12-10-8-6-4-2/h3,5,10-12H,4,6-9H2,1-2H3/b5-3+,12-10?. The number of unbranched alkanes of at least 4 members (excludes halogenated alkanes) is 4. The van der Waals surface area contributed by atoms with Crippen molar-refractivity contribution in [2.75, 3.05) is 0 Å². The lowest BCUT2D eigenvalue weighted by molar-refractivity contribution is 0.813. The molecule has 0 saturated heterocycles. The zero-order valence-electron chi connectivity index (χ0n) is 8.42. The van der Waals surface area contributed by atoms with Gasteiger partial charge in [0.25, 0.3) is 0 Å². The minimum Gasteiger partial charge on any atom is -0.0917 e. The van der Waals surface area contributed by atoms with E-state index in [0.717, 1.165) is 0 Å². The first-order chi connectivity index (χ1) is 5.91. The van der Waals surface area contributed by atoms with E-state index in [4.69, 9.17) is 0 Å². The highest BCUT2D eigenvalue weighted by Gasteiger charge is 1.80. The third-order valence-electron chi connectivity index (χ3n) is 1.73. The van der Waals surface area contributed by atoms with Gasteiger partial charge in [0.2, 0.25) is 0 Å². The maximum Gasteiger partial charge on any atom is -0.0167 e. The SMILES string of the molecule is C/C=C/CC[CH]C=CCCCC. The zero-order chi connectivity index (χ0) is 9.07. The summed E-state index contributed by atoms with van der Waals surface area (Å²) in [6, 6.07) is 0. The van der Waals surface area contributed by atoms with Crippen molar-refractivity contribution in [3.05, 3.63) is 30.7 Å². The van der Waals surface area contributed by atoms with Gasteiger partial charge in [0, 0.05) is 0 Å². The van der Waals surface area contributed by atoms with Crippen LogP contribution in [0.5, 0.6) is 0 Å². The first-order valence-electron chi connectivity index (χ1n) is 5.01. The fourth-order valence-corrected chi connectivity index (χ4v) is 0.970. The predicted octanol–water partition coefficient (Wildman–Crippen LogP) is 4.29. The number of rotatable bonds is 7.